The van der Waals surface area contributed by atoms with Crippen molar-refractivity contribution >= 4 is 44.6 Å². The molecular formula is C22H21ClF3N3O4S2. The SMILES string of the molecule is CC(C(=O)O)N(c1ccc(-c2csc(-c3ccnc(C(C)(C)C)c3)n2)c(Cl)c1)S(=O)(=O)C(F)(F)F. The van der Waals surface area contributed by atoms with Crippen molar-refractivity contribution in [2.75, 3.05) is 4.31 Å². The van der Waals surface area contributed by atoms with Crippen LogP contribution in [-0.4, -0.2) is 41.0 Å². The van der Waals surface area contributed by atoms with Gasteiger partial charge in [0, 0.05) is 33.8 Å². The van der Waals surface area contributed by atoms with Crippen molar-refractivity contribution in [3.63, 3.8) is 0 Å². The Labute approximate surface area is 209 Å². The third-order valence-corrected chi connectivity index (χ3v) is 7.86. The number of anilines is 1. The Hall–Kier alpha value is -2.70. The van der Waals surface area contributed by atoms with Crippen LogP contribution in [0, 0.1) is 0 Å². The molecule has 3 aromatic rings. The second kappa shape index (κ2) is 9.40. The maximum Gasteiger partial charge on any atom is 0.516 e. The largest absolute Gasteiger partial charge is 0.516 e. The predicted octanol–water partition coefficient (Wildman–Crippen LogP) is 5.95. The number of halogens is 4. The molecule has 0 aliphatic carbocycles. The van der Waals surface area contributed by atoms with Crippen molar-refractivity contribution in [1.29, 1.82) is 0 Å². The number of alkyl halides is 3. The number of carboxylic acids is 1. The minimum absolute atomic E-state index is 0.0931. The first kappa shape index (κ1) is 26.9. The zero-order valence-corrected chi connectivity index (χ0v) is 21.3. The smallest absolute Gasteiger partial charge is 0.480 e. The average Bonchev–Trinajstić information content (AvgIpc) is 3.22. The molecule has 1 aromatic carbocycles. The lowest BCUT2D eigenvalue weighted by molar-refractivity contribution is -0.137. The van der Waals surface area contributed by atoms with E-state index in [0.29, 0.717) is 16.3 Å². The van der Waals surface area contributed by atoms with Crippen LogP contribution in [0.2, 0.25) is 5.02 Å². The number of benzene rings is 1. The zero-order valence-electron chi connectivity index (χ0n) is 19.0. The molecule has 1 atom stereocenters. The maximum atomic E-state index is 13.2. The molecule has 2 heterocycles. The topological polar surface area (TPSA) is 100 Å². The second-order valence-electron chi connectivity index (χ2n) is 8.64. The molecule has 2 aromatic heterocycles. The lowest BCUT2D eigenvalue weighted by atomic mass is 9.91. The standard InChI is InChI=1S/C22H21ClF3N3O4S2/c1-12(20(30)31)29(35(32,33)22(24,25)26)14-5-6-15(16(23)10-14)17-11-34-19(28-17)13-7-8-27-18(9-13)21(2,3)4/h5-12H,1-4H3,(H,30,31). The van der Waals surface area contributed by atoms with E-state index in [2.05, 4.69) is 9.97 Å². The van der Waals surface area contributed by atoms with Crippen molar-refractivity contribution in [1.82, 2.24) is 9.97 Å². The van der Waals surface area contributed by atoms with Crippen LogP contribution in [0.4, 0.5) is 18.9 Å². The Balaban J connectivity index is 2.02. The maximum absolute atomic E-state index is 13.2. The first-order valence-corrected chi connectivity index (χ1v) is 12.8. The van der Waals surface area contributed by atoms with Gasteiger partial charge >= 0.3 is 21.5 Å². The number of pyridine rings is 1. The van der Waals surface area contributed by atoms with Crippen LogP contribution in [0.25, 0.3) is 21.8 Å². The van der Waals surface area contributed by atoms with Gasteiger partial charge in [0.1, 0.15) is 11.0 Å². The number of carbonyl (C=O) groups is 1. The summed E-state index contributed by atoms with van der Waals surface area (Å²) in [6.07, 6.45) is 1.68. The Kier molecular flexibility index (Phi) is 7.22. The quantitative estimate of drug-likeness (QED) is 0.409. The van der Waals surface area contributed by atoms with E-state index in [-0.39, 0.29) is 14.7 Å². The summed E-state index contributed by atoms with van der Waals surface area (Å²) in [5.74, 6) is -1.76. The summed E-state index contributed by atoms with van der Waals surface area (Å²) in [6.45, 7) is 6.92. The molecule has 188 valence electrons. The van der Waals surface area contributed by atoms with Crippen LogP contribution in [0.3, 0.4) is 0 Å². The third kappa shape index (κ3) is 5.44. The molecule has 35 heavy (non-hydrogen) atoms. The van der Waals surface area contributed by atoms with Crippen molar-refractivity contribution < 1.29 is 31.5 Å². The minimum atomic E-state index is -6.00. The predicted molar refractivity (Wildman–Crippen MR) is 129 cm³/mol. The van der Waals surface area contributed by atoms with E-state index in [1.165, 1.54) is 17.4 Å². The molecule has 0 radical (unpaired) electrons. The Morgan fingerprint density at radius 3 is 2.37 bits per heavy atom. The highest BCUT2D eigenvalue weighted by Gasteiger charge is 2.52. The van der Waals surface area contributed by atoms with Gasteiger partial charge in [-0.25, -0.2) is 14.1 Å². The molecule has 0 saturated carbocycles. The highest BCUT2D eigenvalue weighted by atomic mass is 35.5. The van der Waals surface area contributed by atoms with E-state index in [4.69, 9.17) is 11.6 Å². The van der Waals surface area contributed by atoms with E-state index in [1.807, 2.05) is 26.8 Å². The van der Waals surface area contributed by atoms with Gasteiger partial charge in [-0.2, -0.15) is 21.6 Å². The molecular weight excluding hydrogens is 527 g/mol. The molecule has 0 spiro atoms. The summed E-state index contributed by atoms with van der Waals surface area (Å²) >= 11 is 7.62. The van der Waals surface area contributed by atoms with E-state index in [0.717, 1.165) is 30.3 Å². The van der Waals surface area contributed by atoms with Gasteiger partial charge in [0.15, 0.2) is 0 Å². The molecule has 0 saturated heterocycles. The van der Waals surface area contributed by atoms with Crippen molar-refractivity contribution in [3.05, 3.63) is 52.6 Å². The number of rotatable bonds is 6. The van der Waals surface area contributed by atoms with E-state index in [9.17, 15) is 31.5 Å². The molecule has 0 fully saturated rings. The highest BCUT2D eigenvalue weighted by Crippen LogP contribution is 2.38. The van der Waals surface area contributed by atoms with E-state index < -0.39 is 33.2 Å². The fraction of sp³-hybridized carbons (Fsp3) is 0.318. The summed E-state index contributed by atoms with van der Waals surface area (Å²) in [5, 5.41) is 11.5. The monoisotopic (exact) mass is 547 g/mol. The molecule has 1 unspecified atom stereocenters. The van der Waals surface area contributed by atoms with Crippen LogP contribution in [0.5, 0.6) is 0 Å². The number of sulfonamides is 1. The van der Waals surface area contributed by atoms with Crippen LogP contribution < -0.4 is 4.31 Å². The second-order valence-corrected chi connectivity index (χ2v) is 11.7. The van der Waals surface area contributed by atoms with E-state index in [1.54, 1.807) is 17.6 Å². The fourth-order valence-corrected chi connectivity index (χ4v) is 5.34. The molecule has 0 bridgehead atoms. The van der Waals surface area contributed by atoms with Gasteiger partial charge in [0.05, 0.1) is 16.4 Å². The minimum Gasteiger partial charge on any atom is -0.480 e. The molecule has 13 heteroatoms. The van der Waals surface area contributed by atoms with E-state index >= 15 is 0 Å². The normalized spacial score (nSPS) is 13.5. The van der Waals surface area contributed by atoms with Crippen molar-refractivity contribution in [2.45, 2.75) is 44.7 Å². The number of hydrogen-bond donors (Lipinski definition) is 1. The Bertz CT molecular complexity index is 1370. The Morgan fingerprint density at radius 1 is 1.17 bits per heavy atom. The molecule has 0 aliphatic rings. The number of nitrogens with zero attached hydrogens (tertiary/aromatic N) is 3. The number of aliphatic carboxylic acids is 1. The summed E-state index contributed by atoms with van der Waals surface area (Å²) in [5.41, 5.74) is -3.96. The van der Waals surface area contributed by atoms with Crippen LogP contribution in [-0.2, 0) is 20.2 Å². The average molecular weight is 548 g/mol. The molecule has 7 nitrogen and oxygen atoms in total. The molecule has 3 rings (SSSR count). The zero-order chi connectivity index (χ0) is 26.3. The van der Waals surface area contributed by atoms with Gasteiger partial charge in [-0.05, 0) is 37.3 Å². The molecule has 0 amide bonds. The first-order chi connectivity index (χ1) is 16.0. The van der Waals surface area contributed by atoms with Gasteiger partial charge < -0.3 is 5.11 Å². The van der Waals surface area contributed by atoms with Gasteiger partial charge in [0.25, 0.3) is 0 Å². The van der Waals surface area contributed by atoms with Gasteiger partial charge in [-0.3, -0.25) is 4.98 Å². The number of aromatic nitrogens is 2. The van der Waals surface area contributed by atoms with Gasteiger partial charge in [-0.15, -0.1) is 11.3 Å². The summed E-state index contributed by atoms with van der Waals surface area (Å²) < 4.78 is 63.7. The third-order valence-electron chi connectivity index (χ3n) is 5.02. The Morgan fingerprint density at radius 2 is 1.83 bits per heavy atom. The lowest BCUT2D eigenvalue weighted by Crippen LogP contribution is -2.49. The summed E-state index contributed by atoms with van der Waals surface area (Å²) in [4.78, 5) is 20.3. The summed E-state index contributed by atoms with van der Waals surface area (Å²) in [7, 11) is -6.00. The first-order valence-electron chi connectivity index (χ1n) is 10.1. The highest BCUT2D eigenvalue weighted by molar-refractivity contribution is 7.93. The van der Waals surface area contributed by atoms with Crippen molar-refractivity contribution in [2.24, 2.45) is 0 Å². The van der Waals surface area contributed by atoms with Crippen LogP contribution >= 0.6 is 22.9 Å². The number of carboxylic acid groups (broad SMARTS) is 1. The van der Waals surface area contributed by atoms with Gasteiger partial charge in [-0.1, -0.05) is 32.4 Å². The van der Waals surface area contributed by atoms with Gasteiger partial charge in [0.2, 0.25) is 0 Å². The molecule has 0 aliphatic heterocycles. The van der Waals surface area contributed by atoms with Crippen LogP contribution in [0.15, 0.2) is 41.9 Å². The summed E-state index contributed by atoms with van der Waals surface area (Å²) in [6, 6.07) is 5.03. The fourth-order valence-electron chi connectivity index (χ4n) is 3.13. The number of thiazole rings is 1. The van der Waals surface area contributed by atoms with Crippen LogP contribution in [0.1, 0.15) is 33.4 Å². The lowest BCUT2D eigenvalue weighted by Gasteiger charge is -2.28. The van der Waals surface area contributed by atoms with Crippen molar-refractivity contribution in [3.8, 4) is 21.8 Å². The molecule has 1 N–H and O–H groups in total. The number of hydrogen-bond acceptors (Lipinski definition) is 6.